The minimum absolute atomic E-state index is 0.221. The van der Waals surface area contributed by atoms with Gasteiger partial charge in [-0.15, -0.1) is 0 Å². The first-order chi connectivity index (χ1) is 9.79. The summed E-state index contributed by atoms with van der Waals surface area (Å²) in [6.07, 6.45) is 0. The molecule has 0 aromatic heterocycles. The zero-order chi connectivity index (χ0) is 15.6. The molecular formula is C15H17BrN2O2S. The maximum Gasteiger partial charge on any atom is 0.241 e. The summed E-state index contributed by atoms with van der Waals surface area (Å²) in [6.45, 7) is 3.59. The SMILES string of the molecule is Cc1cc(S(=O)(=O)N[C@H](C)c2ccc(Br)cc2)ccc1N. The fraction of sp³-hybridized carbons (Fsp3) is 0.200. The highest BCUT2D eigenvalue weighted by Gasteiger charge is 2.18. The average Bonchev–Trinajstić information content (AvgIpc) is 2.42. The fourth-order valence-corrected chi connectivity index (χ4v) is 3.52. The quantitative estimate of drug-likeness (QED) is 0.812. The first-order valence-corrected chi connectivity index (χ1v) is 8.71. The molecule has 2 rings (SSSR count). The first-order valence-electron chi connectivity index (χ1n) is 6.43. The number of aryl methyl sites for hydroxylation is 1. The molecule has 1 atom stereocenters. The third kappa shape index (κ3) is 3.84. The van der Waals surface area contributed by atoms with Gasteiger partial charge in [-0.25, -0.2) is 13.1 Å². The Morgan fingerprint density at radius 3 is 2.33 bits per heavy atom. The summed E-state index contributed by atoms with van der Waals surface area (Å²) in [7, 11) is -3.57. The number of rotatable bonds is 4. The molecule has 2 aromatic carbocycles. The molecule has 0 radical (unpaired) electrons. The van der Waals surface area contributed by atoms with Gasteiger partial charge in [-0.05, 0) is 55.3 Å². The second-order valence-electron chi connectivity index (χ2n) is 4.91. The van der Waals surface area contributed by atoms with E-state index < -0.39 is 10.0 Å². The molecule has 0 spiro atoms. The Hall–Kier alpha value is -1.37. The molecule has 0 amide bonds. The van der Waals surface area contributed by atoms with Gasteiger partial charge < -0.3 is 5.73 Å². The minimum atomic E-state index is -3.57. The van der Waals surface area contributed by atoms with Crippen molar-refractivity contribution in [2.75, 3.05) is 5.73 Å². The van der Waals surface area contributed by atoms with Crippen LogP contribution in [0, 0.1) is 6.92 Å². The zero-order valence-electron chi connectivity index (χ0n) is 11.8. The molecule has 0 bridgehead atoms. The van der Waals surface area contributed by atoms with E-state index >= 15 is 0 Å². The molecule has 112 valence electrons. The van der Waals surface area contributed by atoms with Crippen LogP contribution in [0.4, 0.5) is 5.69 Å². The Morgan fingerprint density at radius 1 is 1.14 bits per heavy atom. The van der Waals surface area contributed by atoms with Gasteiger partial charge in [-0.1, -0.05) is 28.1 Å². The van der Waals surface area contributed by atoms with Crippen LogP contribution in [0.2, 0.25) is 0 Å². The Balaban J connectivity index is 2.24. The molecule has 0 heterocycles. The summed E-state index contributed by atoms with van der Waals surface area (Å²) in [5, 5.41) is 0. The van der Waals surface area contributed by atoms with Gasteiger partial charge in [-0.2, -0.15) is 0 Å². The van der Waals surface area contributed by atoms with E-state index in [-0.39, 0.29) is 10.9 Å². The van der Waals surface area contributed by atoms with Crippen LogP contribution >= 0.6 is 15.9 Å². The van der Waals surface area contributed by atoms with Gasteiger partial charge in [0.05, 0.1) is 4.90 Å². The van der Waals surface area contributed by atoms with Crippen molar-refractivity contribution in [2.45, 2.75) is 24.8 Å². The summed E-state index contributed by atoms with van der Waals surface area (Å²) in [5.41, 5.74) is 7.94. The average molecular weight is 369 g/mol. The first kappa shape index (κ1) is 16.0. The number of benzene rings is 2. The van der Waals surface area contributed by atoms with Crippen molar-refractivity contribution in [2.24, 2.45) is 0 Å². The zero-order valence-corrected chi connectivity index (χ0v) is 14.2. The summed E-state index contributed by atoms with van der Waals surface area (Å²) in [6, 6.07) is 11.9. The van der Waals surface area contributed by atoms with Crippen molar-refractivity contribution in [3.63, 3.8) is 0 Å². The largest absolute Gasteiger partial charge is 0.399 e. The third-order valence-electron chi connectivity index (χ3n) is 3.25. The van der Waals surface area contributed by atoms with Gasteiger partial charge >= 0.3 is 0 Å². The van der Waals surface area contributed by atoms with Crippen LogP contribution in [0.15, 0.2) is 51.8 Å². The van der Waals surface area contributed by atoms with Crippen molar-refractivity contribution in [3.05, 3.63) is 58.1 Å². The van der Waals surface area contributed by atoms with Crippen molar-refractivity contribution < 1.29 is 8.42 Å². The number of anilines is 1. The van der Waals surface area contributed by atoms with E-state index in [0.717, 1.165) is 15.6 Å². The van der Waals surface area contributed by atoms with E-state index in [9.17, 15) is 8.42 Å². The van der Waals surface area contributed by atoms with Crippen LogP contribution in [0.1, 0.15) is 24.1 Å². The van der Waals surface area contributed by atoms with Gasteiger partial charge in [0.25, 0.3) is 0 Å². The molecule has 0 unspecified atom stereocenters. The number of nitrogens with one attached hydrogen (secondary N) is 1. The number of hydrogen-bond acceptors (Lipinski definition) is 3. The molecule has 0 saturated carbocycles. The number of nitrogen functional groups attached to an aromatic ring is 1. The highest BCUT2D eigenvalue weighted by atomic mass is 79.9. The second kappa shape index (κ2) is 6.17. The monoisotopic (exact) mass is 368 g/mol. The van der Waals surface area contributed by atoms with Crippen molar-refractivity contribution in [3.8, 4) is 0 Å². The Morgan fingerprint density at radius 2 is 1.76 bits per heavy atom. The lowest BCUT2D eigenvalue weighted by Gasteiger charge is -2.15. The van der Waals surface area contributed by atoms with Gasteiger partial charge in [-0.3, -0.25) is 0 Å². The Bertz CT molecular complexity index is 743. The van der Waals surface area contributed by atoms with Crippen LogP contribution in [-0.4, -0.2) is 8.42 Å². The minimum Gasteiger partial charge on any atom is -0.399 e. The lowest BCUT2D eigenvalue weighted by Crippen LogP contribution is -2.27. The standard InChI is InChI=1S/C15H17BrN2O2S/c1-10-9-14(7-8-15(10)17)21(19,20)18-11(2)12-3-5-13(16)6-4-12/h3-9,11,18H,17H2,1-2H3/t11-/m1/s1. The molecule has 0 aliphatic heterocycles. The lowest BCUT2D eigenvalue weighted by molar-refractivity contribution is 0.567. The maximum absolute atomic E-state index is 12.4. The molecule has 0 aliphatic rings. The Kier molecular flexibility index (Phi) is 4.70. The van der Waals surface area contributed by atoms with Crippen molar-refractivity contribution in [1.29, 1.82) is 0 Å². The highest BCUT2D eigenvalue weighted by molar-refractivity contribution is 9.10. The Labute approximate surface area is 133 Å². The molecule has 0 aliphatic carbocycles. The highest BCUT2D eigenvalue weighted by Crippen LogP contribution is 2.21. The number of nitrogens with two attached hydrogens (primary N) is 1. The van der Waals surface area contributed by atoms with E-state index in [2.05, 4.69) is 20.7 Å². The van der Waals surface area contributed by atoms with Gasteiger partial charge in [0, 0.05) is 16.2 Å². The number of halogens is 1. The number of sulfonamides is 1. The van der Waals surface area contributed by atoms with Crippen molar-refractivity contribution in [1.82, 2.24) is 4.72 Å². The lowest BCUT2D eigenvalue weighted by atomic mass is 10.1. The second-order valence-corrected chi connectivity index (χ2v) is 7.54. The predicted molar refractivity (Wildman–Crippen MR) is 88.5 cm³/mol. The molecule has 3 N–H and O–H groups in total. The molecule has 0 fully saturated rings. The van der Waals surface area contributed by atoms with E-state index in [4.69, 9.17) is 5.73 Å². The van der Waals surface area contributed by atoms with E-state index in [1.165, 1.54) is 6.07 Å². The normalized spacial score (nSPS) is 13.1. The molecular weight excluding hydrogens is 352 g/mol. The summed E-state index contributed by atoms with van der Waals surface area (Å²) >= 11 is 3.36. The summed E-state index contributed by atoms with van der Waals surface area (Å²) < 4.78 is 28.4. The summed E-state index contributed by atoms with van der Waals surface area (Å²) in [4.78, 5) is 0.221. The fourth-order valence-electron chi connectivity index (χ4n) is 1.94. The summed E-state index contributed by atoms with van der Waals surface area (Å²) in [5.74, 6) is 0. The third-order valence-corrected chi connectivity index (χ3v) is 5.32. The maximum atomic E-state index is 12.4. The van der Waals surface area contributed by atoms with Gasteiger partial charge in [0.1, 0.15) is 0 Å². The van der Waals surface area contributed by atoms with E-state index in [1.807, 2.05) is 31.2 Å². The van der Waals surface area contributed by atoms with Crippen LogP contribution in [-0.2, 0) is 10.0 Å². The molecule has 6 heteroatoms. The number of hydrogen-bond donors (Lipinski definition) is 2. The van der Waals surface area contributed by atoms with Gasteiger partial charge in [0.15, 0.2) is 0 Å². The molecule has 2 aromatic rings. The van der Waals surface area contributed by atoms with Crippen LogP contribution < -0.4 is 10.5 Å². The van der Waals surface area contributed by atoms with E-state index in [1.54, 1.807) is 19.1 Å². The molecule has 0 saturated heterocycles. The smallest absolute Gasteiger partial charge is 0.241 e. The van der Waals surface area contributed by atoms with Crippen LogP contribution in [0.3, 0.4) is 0 Å². The topological polar surface area (TPSA) is 72.2 Å². The molecule has 4 nitrogen and oxygen atoms in total. The molecule has 21 heavy (non-hydrogen) atoms. The van der Waals surface area contributed by atoms with Crippen molar-refractivity contribution >= 4 is 31.6 Å². The van der Waals surface area contributed by atoms with Crippen LogP contribution in [0.5, 0.6) is 0 Å². The van der Waals surface area contributed by atoms with Gasteiger partial charge in [0.2, 0.25) is 10.0 Å². The predicted octanol–water partition coefficient (Wildman–Crippen LogP) is 3.38. The van der Waals surface area contributed by atoms with E-state index in [0.29, 0.717) is 5.69 Å². The van der Waals surface area contributed by atoms with Crippen LogP contribution in [0.25, 0.3) is 0 Å².